The van der Waals surface area contributed by atoms with Crippen LogP contribution in [0.3, 0.4) is 0 Å². The molecule has 0 radical (unpaired) electrons. The SMILES string of the molecule is COC(=O)N1CC2CCC(=CC#N)C2C1C(=O)O. The molecule has 1 N–H and O–H groups in total. The Kier molecular flexibility index (Phi) is 3.24. The first-order valence-corrected chi connectivity index (χ1v) is 5.76. The number of hydrogen-bond donors (Lipinski definition) is 1. The van der Waals surface area contributed by atoms with E-state index in [1.807, 2.05) is 6.07 Å². The highest BCUT2D eigenvalue weighted by Crippen LogP contribution is 2.45. The fraction of sp³-hybridized carbons (Fsp3) is 0.583. The Morgan fingerprint density at radius 3 is 2.89 bits per heavy atom. The van der Waals surface area contributed by atoms with Gasteiger partial charge in [-0.2, -0.15) is 5.26 Å². The predicted molar refractivity (Wildman–Crippen MR) is 60.4 cm³/mol. The number of amides is 1. The number of likely N-dealkylation sites (tertiary alicyclic amines) is 1. The number of ether oxygens (including phenoxy) is 1. The minimum absolute atomic E-state index is 0.116. The van der Waals surface area contributed by atoms with Crippen molar-refractivity contribution in [1.82, 2.24) is 4.90 Å². The van der Waals surface area contributed by atoms with Gasteiger partial charge in [-0.25, -0.2) is 9.59 Å². The zero-order valence-corrected chi connectivity index (χ0v) is 10.00. The second-order valence-electron chi connectivity index (χ2n) is 4.58. The second kappa shape index (κ2) is 4.69. The van der Waals surface area contributed by atoms with Gasteiger partial charge in [0, 0.05) is 18.5 Å². The number of carbonyl (C=O) groups is 2. The Bertz CT molecular complexity index is 451. The highest BCUT2D eigenvalue weighted by molar-refractivity contribution is 5.82. The third kappa shape index (κ3) is 1.82. The molecule has 2 rings (SSSR count). The summed E-state index contributed by atoms with van der Waals surface area (Å²) in [5.74, 6) is -1.18. The minimum Gasteiger partial charge on any atom is -0.480 e. The van der Waals surface area contributed by atoms with Crippen LogP contribution in [0.1, 0.15) is 12.8 Å². The summed E-state index contributed by atoms with van der Waals surface area (Å²) in [5.41, 5.74) is 0.835. The number of hydrogen-bond acceptors (Lipinski definition) is 4. The first-order valence-electron chi connectivity index (χ1n) is 5.76. The van der Waals surface area contributed by atoms with Crippen LogP contribution in [0.4, 0.5) is 4.79 Å². The molecule has 6 nitrogen and oxygen atoms in total. The van der Waals surface area contributed by atoms with Crippen molar-refractivity contribution in [2.75, 3.05) is 13.7 Å². The van der Waals surface area contributed by atoms with E-state index in [0.29, 0.717) is 6.54 Å². The molecule has 0 aromatic heterocycles. The molecular formula is C12H14N2O4. The van der Waals surface area contributed by atoms with Crippen LogP contribution in [-0.4, -0.2) is 41.8 Å². The van der Waals surface area contributed by atoms with E-state index in [0.717, 1.165) is 18.4 Å². The number of aliphatic carboxylic acids is 1. The van der Waals surface area contributed by atoms with E-state index < -0.39 is 18.1 Å². The first-order chi connectivity index (χ1) is 8.60. The lowest BCUT2D eigenvalue weighted by Crippen LogP contribution is -2.43. The summed E-state index contributed by atoms with van der Waals surface area (Å²) in [6.45, 7) is 0.386. The van der Waals surface area contributed by atoms with Gasteiger partial charge < -0.3 is 9.84 Å². The molecule has 3 atom stereocenters. The van der Waals surface area contributed by atoms with E-state index >= 15 is 0 Å². The van der Waals surface area contributed by atoms with Crippen molar-refractivity contribution < 1.29 is 19.4 Å². The molecule has 0 spiro atoms. The number of methoxy groups -OCH3 is 1. The van der Waals surface area contributed by atoms with Crippen LogP contribution in [0.2, 0.25) is 0 Å². The van der Waals surface area contributed by atoms with Gasteiger partial charge in [-0.15, -0.1) is 0 Å². The zero-order valence-electron chi connectivity index (χ0n) is 10.00. The van der Waals surface area contributed by atoms with Crippen LogP contribution in [-0.2, 0) is 9.53 Å². The first kappa shape index (κ1) is 12.4. The van der Waals surface area contributed by atoms with E-state index in [-0.39, 0.29) is 11.8 Å². The molecule has 1 aliphatic heterocycles. The normalized spacial score (nSPS) is 32.1. The van der Waals surface area contributed by atoms with Gasteiger partial charge in [0.05, 0.1) is 13.2 Å². The number of nitriles is 1. The molecule has 2 aliphatic rings. The van der Waals surface area contributed by atoms with Crippen molar-refractivity contribution in [2.24, 2.45) is 11.8 Å². The largest absolute Gasteiger partial charge is 0.480 e. The van der Waals surface area contributed by atoms with Crippen molar-refractivity contribution >= 4 is 12.1 Å². The second-order valence-corrected chi connectivity index (χ2v) is 4.58. The molecule has 6 heteroatoms. The van der Waals surface area contributed by atoms with Crippen LogP contribution < -0.4 is 0 Å². The van der Waals surface area contributed by atoms with Crippen molar-refractivity contribution in [2.45, 2.75) is 18.9 Å². The van der Waals surface area contributed by atoms with Gasteiger partial charge in [0.25, 0.3) is 0 Å². The monoisotopic (exact) mass is 250 g/mol. The van der Waals surface area contributed by atoms with Crippen LogP contribution in [0.25, 0.3) is 0 Å². The Balaban J connectivity index is 2.32. The number of nitrogens with zero attached hydrogens (tertiary/aromatic N) is 2. The fourth-order valence-electron chi connectivity index (χ4n) is 3.07. The number of carboxylic acid groups (broad SMARTS) is 1. The van der Waals surface area contributed by atoms with Gasteiger partial charge in [0.1, 0.15) is 6.04 Å². The van der Waals surface area contributed by atoms with Crippen LogP contribution in [0, 0.1) is 23.2 Å². The molecule has 18 heavy (non-hydrogen) atoms. The molecule has 1 amide bonds. The topological polar surface area (TPSA) is 90.6 Å². The Morgan fingerprint density at radius 1 is 1.61 bits per heavy atom. The number of rotatable bonds is 1. The minimum atomic E-state index is -1.04. The molecule has 96 valence electrons. The molecule has 0 aromatic carbocycles. The Morgan fingerprint density at radius 2 is 2.33 bits per heavy atom. The molecule has 1 aliphatic carbocycles. The smallest absolute Gasteiger partial charge is 0.410 e. The van der Waals surface area contributed by atoms with Crippen molar-refractivity contribution in [3.05, 3.63) is 11.6 Å². The predicted octanol–water partition coefficient (Wildman–Crippen LogP) is 0.998. The zero-order chi connectivity index (χ0) is 13.3. The van der Waals surface area contributed by atoms with Gasteiger partial charge in [-0.1, -0.05) is 5.57 Å². The van der Waals surface area contributed by atoms with Gasteiger partial charge >= 0.3 is 12.1 Å². The maximum atomic E-state index is 11.6. The third-order valence-corrected chi connectivity index (χ3v) is 3.76. The number of allylic oxidation sites excluding steroid dienone is 1. The van der Waals surface area contributed by atoms with Crippen LogP contribution in [0.5, 0.6) is 0 Å². The van der Waals surface area contributed by atoms with E-state index in [4.69, 9.17) is 5.26 Å². The standard InChI is InChI=1S/C12H14N2O4/c1-18-12(17)14-6-8-3-2-7(4-5-13)9(8)10(14)11(15)16/h4,8-10H,2-3,6H2,1H3,(H,15,16). The van der Waals surface area contributed by atoms with Crippen molar-refractivity contribution in [3.8, 4) is 6.07 Å². The summed E-state index contributed by atoms with van der Waals surface area (Å²) in [4.78, 5) is 24.2. The molecule has 0 aromatic rings. The maximum Gasteiger partial charge on any atom is 0.410 e. The summed E-state index contributed by atoms with van der Waals surface area (Å²) < 4.78 is 4.61. The molecular weight excluding hydrogens is 236 g/mol. The molecule has 1 saturated heterocycles. The van der Waals surface area contributed by atoms with E-state index in [1.165, 1.54) is 18.1 Å². The lowest BCUT2D eigenvalue weighted by atomic mass is 9.90. The highest BCUT2D eigenvalue weighted by atomic mass is 16.5. The van der Waals surface area contributed by atoms with E-state index in [2.05, 4.69) is 4.74 Å². The summed E-state index contributed by atoms with van der Waals surface area (Å²) >= 11 is 0. The summed E-state index contributed by atoms with van der Waals surface area (Å²) in [6, 6.07) is 1.04. The highest BCUT2D eigenvalue weighted by Gasteiger charge is 2.52. The van der Waals surface area contributed by atoms with E-state index in [1.54, 1.807) is 0 Å². The lowest BCUT2D eigenvalue weighted by molar-refractivity contribution is -0.142. The lowest BCUT2D eigenvalue weighted by Gasteiger charge is -2.23. The maximum absolute atomic E-state index is 11.6. The van der Waals surface area contributed by atoms with Gasteiger partial charge in [0.15, 0.2) is 0 Å². The van der Waals surface area contributed by atoms with Crippen LogP contribution in [0.15, 0.2) is 11.6 Å². The summed E-state index contributed by atoms with van der Waals surface area (Å²) in [6.07, 6.45) is 2.35. The van der Waals surface area contributed by atoms with E-state index in [9.17, 15) is 14.7 Å². The van der Waals surface area contributed by atoms with Crippen LogP contribution >= 0.6 is 0 Å². The summed E-state index contributed by atoms with van der Waals surface area (Å²) in [5, 5.41) is 18.0. The number of carbonyl (C=O) groups excluding carboxylic acids is 1. The average molecular weight is 250 g/mol. The third-order valence-electron chi connectivity index (χ3n) is 3.76. The summed E-state index contributed by atoms with van der Waals surface area (Å²) in [7, 11) is 1.24. The molecule has 1 heterocycles. The van der Waals surface area contributed by atoms with Gasteiger partial charge in [-0.05, 0) is 18.8 Å². The number of carboxylic acids is 1. The molecule has 3 unspecified atom stereocenters. The van der Waals surface area contributed by atoms with Gasteiger partial charge in [0.2, 0.25) is 0 Å². The molecule has 1 saturated carbocycles. The number of fused-ring (bicyclic) bond motifs is 1. The molecule has 0 bridgehead atoms. The van der Waals surface area contributed by atoms with Crippen molar-refractivity contribution in [3.63, 3.8) is 0 Å². The Hall–Kier alpha value is -2.03. The average Bonchev–Trinajstić information content (AvgIpc) is 2.88. The van der Waals surface area contributed by atoms with Gasteiger partial charge in [-0.3, -0.25) is 4.90 Å². The Labute approximate surface area is 104 Å². The fourth-order valence-corrected chi connectivity index (χ4v) is 3.07. The quantitative estimate of drug-likeness (QED) is 0.701. The molecule has 2 fully saturated rings. The van der Waals surface area contributed by atoms with Crippen molar-refractivity contribution in [1.29, 1.82) is 5.26 Å².